The average molecular weight is 364 g/mol. The summed E-state index contributed by atoms with van der Waals surface area (Å²) in [7, 11) is -1.83. The zero-order valence-corrected chi connectivity index (χ0v) is 18.0. The first kappa shape index (κ1) is 21.6. The highest BCUT2D eigenvalue weighted by Crippen LogP contribution is 2.36. The van der Waals surface area contributed by atoms with Crippen molar-refractivity contribution in [3.8, 4) is 0 Å². The van der Waals surface area contributed by atoms with E-state index < -0.39 is 8.32 Å². The van der Waals surface area contributed by atoms with Gasteiger partial charge >= 0.3 is 0 Å². The lowest BCUT2D eigenvalue weighted by molar-refractivity contribution is 0.0533. The van der Waals surface area contributed by atoms with Gasteiger partial charge in [-0.25, -0.2) is 0 Å². The maximum absolute atomic E-state index is 12.9. The van der Waals surface area contributed by atoms with Gasteiger partial charge in [0.1, 0.15) is 6.29 Å². The fourth-order valence-electron chi connectivity index (χ4n) is 2.21. The Kier molecular flexibility index (Phi) is 6.76. The van der Waals surface area contributed by atoms with Crippen LogP contribution in [0.3, 0.4) is 0 Å². The number of hydrogen-bond donors (Lipinski definition) is 0. The van der Waals surface area contributed by atoms with E-state index in [9.17, 15) is 9.59 Å². The molecule has 0 heterocycles. The molecule has 0 aliphatic carbocycles. The maximum Gasteiger partial charge on any atom is 0.254 e. The second-order valence-corrected chi connectivity index (χ2v) is 13.8. The summed E-state index contributed by atoms with van der Waals surface area (Å²) < 4.78 is 6.24. The normalized spacial score (nSPS) is 12.8. The van der Waals surface area contributed by atoms with Crippen LogP contribution < -0.4 is 0 Å². The van der Waals surface area contributed by atoms with Gasteiger partial charge in [-0.3, -0.25) is 9.59 Å². The molecule has 0 aliphatic heterocycles. The lowest BCUT2D eigenvalue weighted by atomic mass is 10.0. The molecule has 140 valence electrons. The first-order valence-corrected chi connectivity index (χ1v) is 11.7. The summed E-state index contributed by atoms with van der Waals surface area (Å²) in [6.45, 7) is 18.2. The molecule has 0 saturated carbocycles. The van der Waals surface area contributed by atoms with Crippen LogP contribution in [0.1, 0.15) is 62.3 Å². The molecule has 1 aromatic carbocycles. The first-order chi connectivity index (χ1) is 11.3. The minimum Gasteiger partial charge on any atom is -0.415 e. The van der Waals surface area contributed by atoms with E-state index in [0.29, 0.717) is 24.3 Å². The SMILES string of the molecule is CC(C)(C)N(CCO[Si](C)(C)C(C)(C)C)C(=O)c1ccc(C=O)cc1. The van der Waals surface area contributed by atoms with E-state index in [1.54, 1.807) is 24.3 Å². The van der Waals surface area contributed by atoms with E-state index in [2.05, 4.69) is 33.9 Å². The molecular weight excluding hydrogens is 330 g/mol. The molecule has 0 aliphatic rings. The summed E-state index contributed by atoms with van der Waals surface area (Å²) in [4.78, 5) is 25.6. The summed E-state index contributed by atoms with van der Waals surface area (Å²) in [6.07, 6.45) is 0.781. The third-order valence-electron chi connectivity index (χ3n) is 4.93. The van der Waals surface area contributed by atoms with Crippen molar-refractivity contribution < 1.29 is 14.0 Å². The van der Waals surface area contributed by atoms with E-state index in [0.717, 1.165) is 6.29 Å². The minimum absolute atomic E-state index is 0.0382. The molecule has 0 spiro atoms. The molecule has 0 bridgehead atoms. The number of benzene rings is 1. The Morgan fingerprint density at radius 1 is 1.08 bits per heavy atom. The van der Waals surface area contributed by atoms with Gasteiger partial charge < -0.3 is 9.33 Å². The van der Waals surface area contributed by atoms with Gasteiger partial charge in [0, 0.05) is 23.2 Å². The number of rotatable bonds is 6. The fourth-order valence-corrected chi connectivity index (χ4v) is 3.24. The Bertz CT molecular complexity index is 595. The number of nitrogens with zero attached hydrogens (tertiary/aromatic N) is 1. The van der Waals surface area contributed by atoms with Gasteiger partial charge in [-0.15, -0.1) is 0 Å². The van der Waals surface area contributed by atoms with E-state index in [1.807, 2.05) is 25.7 Å². The summed E-state index contributed by atoms with van der Waals surface area (Å²) in [5, 5.41) is 0.147. The molecule has 0 N–H and O–H groups in total. The molecular formula is C20H33NO3Si. The molecule has 1 amide bonds. The van der Waals surface area contributed by atoms with Crippen molar-refractivity contribution in [1.29, 1.82) is 0 Å². The third-order valence-corrected chi connectivity index (χ3v) is 9.47. The van der Waals surface area contributed by atoms with Crippen molar-refractivity contribution in [3.63, 3.8) is 0 Å². The molecule has 25 heavy (non-hydrogen) atoms. The van der Waals surface area contributed by atoms with Gasteiger partial charge in [0.2, 0.25) is 0 Å². The van der Waals surface area contributed by atoms with E-state index in [-0.39, 0.29) is 16.5 Å². The second kappa shape index (κ2) is 7.83. The molecule has 0 saturated heterocycles. The highest BCUT2D eigenvalue weighted by atomic mass is 28.4. The summed E-state index contributed by atoms with van der Waals surface area (Å²) >= 11 is 0. The topological polar surface area (TPSA) is 46.6 Å². The second-order valence-electron chi connectivity index (χ2n) is 8.98. The number of carbonyl (C=O) groups excluding carboxylic acids is 2. The van der Waals surface area contributed by atoms with E-state index >= 15 is 0 Å². The molecule has 5 heteroatoms. The number of carbonyl (C=O) groups is 2. The van der Waals surface area contributed by atoms with Crippen molar-refractivity contribution in [2.45, 2.75) is 65.2 Å². The summed E-state index contributed by atoms with van der Waals surface area (Å²) in [6, 6.07) is 6.76. The van der Waals surface area contributed by atoms with E-state index in [1.165, 1.54) is 0 Å². The van der Waals surface area contributed by atoms with Crippen LogP contribution in [0.15, 0.2) is 24.3 Å². The van der Waals surface area contributed by atoms with Crippen LogP contribution in [0, 0.1) is 0 Å². The number of hydrogen-bond acceptors (Lipinski definition) is 3. The highest BCUT2D eigenvalue weighted by Gasteiger charge is 2.37. The van der Waals surface area contributed by atoms with Gasteiger partial charge in [0.15, 0.2) is 8.32 Å². The predicted molar refractivity (Wildman–Crippen MR) is 106 cm³/mol. The molecule has 0 aromatic heterocycles. The first-order valence-electron chi connectivity index (χ1n) is 8.81. The van der Waals surface area contributed by atoms with Crippen LogP contribution >= 0.6 is 0 Å². The Balaban J connectivity index is 2.88. The molecule has 1 rings (SSSR count). The molecule has 4 nitrogen and oxygen atoms in total. The lowest BCUT2D eigenvalue weighted by Crippen LogP contribution is -2.49. The van der Waals surface area contributed by atoms with Crippen LogP contribution in [0.2, 0.25) is 18.1 Å². The average Bonchev–Trinajstić information content (AvgIpc) is 2.48. The van der Waals surface area contributed by atoms with Crippen LogP contribution in [0.5, 0.6) is 0 Å². The largest absolute Gasteiger partial charge is 0.415 e. The smallest absolute Gasteiger partial charge is 0.254 e. The van der Waals surface area contributed by atoms with Crippen molar-refractivity contribution >= 4 is 20.5 Å². The maximum atomic E-state index is 12.9. The quantitative estimate of drug-likeness (QED) is 0.541. The Morgan fingerprint density at radius 2 is 1.60 bits per heavy atom. The molecule has 0 atom stereocenters. The van der Waals surface area contributed by atoms with Crippen LogP contribution in [0.25, 0.3) is 0 Å². The Labute approximate surface area is 153 Å². The zero-order chi connectivity index (χ0) is 19.5. The zero-order valence-electron chi connectivity index (χ0n) is 17.0. The van der Waals surface area contributed by atoms with Crippen LogP contribution in [-0.4, -0.2) is 44.1 Å². The van der Waals surface area contributed by atoms with Crippen LogP contribution in [-0.2, 0) is 4.43 Å². The highest BCUT2D eigenvalue weighted by molar-refractivity contribution is 6.74. The molecule has 0 unspecified atom stereocenters. The van der Waals surface area contributed by atoms with Crippen LogP contribution in [0.4, 0.5) is 0 Å². The third kappa shape index (κ3) is 5.78. The molecule has 0 radical (unpaired) electrons. The minimum atomic E-state index is -1.83. The fraction of sp³-hybridized carbons (Fsp3) is 0.600. The van der Waals surface area contributed by atoms with E-state index in [4.69, 9.17) is 4.43 Å². The van der Waals surface area contributed by atoms with Gasteiger partial charge in [0.25, 0.3) is 5.91 Å². The summed E-state index contributed by atoms with van der Waals surface area (Å²) in [5.41, 5.74) is 0.852. The molecule has 1 aromatic rings. The molecule has 0 fully saturated rings. The van der Waals surface area contributed by atoms with Gasteiger partial charge in [-0.1, -0.05) is 32.9 Å². The lowest BCUT2D eigenvalue weighted by Gasteiger charge is -2.39. The Morgan fingerprint density at radius 3 is 2.00 bits per heavy atom. The van der Waals surface area contributed by atoms with Crippen molar-refractivity contribution in [1.82, 2.24) is 4.90 Å². The summed E-state index contributed by atoms with van der Waals surface area (Å²) in [5.74, 6) is -0.0382. The predicted octanol–water partition coefficient (Wildman–Crippen LogP) is 4.76. The Hall–Kier alpha value is -1.46. The van der Waals surface area contributed by atoms with Gasteiger partial charge in [-0.05, 0) is 51.0 Å². The van der Waals surface area contributed by atoms with Gasteiger partial charge in [-0.2, -0.15) is 0 Å². The monoisotopic (exact) mass is 363 g/mol. The van der Waals surface area contributed by atoms with Crippen molar-refractivity contribution in [3.05, 3.63) is 35.4 Å². The van der Waals surface area contributed by atoms with Crippen molar-refractivity contribution in [2.24, 2.45) is 0 Å². The number of amides is 1. The van der Waals surface area contributed by atoms with Gasteiger partial charge in [0.05, 0.1) is 6.61 Å². The van der Waals surface area contributed by atoms with Crippen molar-refractivity contribution in [2.75, 3.05) is 13.2 Å². The number of aldehydes is 1. The standard InChI is InChI=1S/C20H33NO3Si/c1-19(2,3)21(13-14-24-25(7,8)20(4,5)6)18(23)17-11-9-16(15-22)10-12-17/h9-12,15H,13-14H2,1-8H3.